The summed E-state index contributed by atoms with van der Waals surface area (Å²) >= 11 is 0. The Bertz CT molecular complexity index is 183. The van der Waals surface area contributed by atoms with E-state index in [2.05, 4.69) is 12.7 Å². The zero-order chi connectivity index (χ0) is 12.8. The zero-order valence-electron chi connectivity index (χ0n) is 11.5. The average Bonchev–Trinajstić information content (AvgIpc) is 2.36. The van der Waals surface area contributed by atoms with Gasteiger partial charge in [-0.1, -0.05) is 50.5 Å². The maximum atomic E-state index is 5.14. The first-order valence-electron chi connectivity index (χ1n) is 6.68. The molecule has 0 aromatic rings. The Balaban J connectivity index is 3.13. The standard InChI is InChI=1S/C15H28O2/c1-4-5-6-7-8-9-10-11-12-13-14-15(16-2)17-3/h4-6,15H,1,7-14H2,2-3H3. The summed E-state index contributed by atoms with van der Waals surface area (Å²) in [5.41, 5.74) is 0. The molecule has 0 aliphatic rings. The summed E-state index contributed by atoms with van der Waals surface area (Å²) < 4.78 is 10.3. The largest absolute Gasteiger partial charge is 0.356 e. The number of hydrogen-bond donors (Lipinski definition) is 0. The molecule has 0 spiro atoms. The molecule has 0 bridgehead atoms. The SMILES string of the molecule is C=CC=CCCCCCCCCC(OC)OC. The fourth-order valence-electron chi connectivity index (χ4n) is 1.80. The highest BCUT2D eigenvalue weighted by atomic mass is 16.7. The molecule has 0 aromatic heterocycles. The van der Waals surface area contributed by atoms with E-state index in [1.165, 1.54) is 44.9 Å². The molecule has 0 aliphatic heterocycles. The van der Waals surface area contributed by atoms with Crippen LogP contribution in [0, 0.1) is 0 Å². The molecule has 2 heteroatoms. The number of ether oxygens (including phenoxy) is 2. The van der Waals surface area contributed by atoms with Gasteiger partial charge in [0.05, 0.1) is 0 Å². The predicted octanol–water partition coefficient (Wildman–Crippen LogP) is 4.47. The second-order valence-electron chi connectivity index (χ2n) is 4.26. The Hall–Kier alpha value is -0.600. The van der Waals surface area contributed by atoms with Crippen LogP contribution in [0.3, 0.4) is 0 Å². The molecule has 0 amide bonds. The Kier molecular flexibility index (Phi) is 13.0. The van der Waals surface area contributed by atoms with Crippen molar-refractivity contribution in [2.24, 2.45) is 0 Å². The summed E-state index contributed by atoms with van der Waals surface area (Å²) in [4.78, 5) is 0. The monoisotopic (exact) mass is 240 g/mol. The normalized spacial score (nSPS) is 11.5. The summed E-state index contributed by atoms with van der Waals surface area (Å²) in [6, 6.07) is 0. The Morgan fingerprint density at radius 1 is 0.941 bits per heavy atom. The molecule has 2 nitrogen and oxygen atoms in total. The summed E-state index contributed by atoms with van der Waals surface area (Å²) in [5, 5.41) is 0. The maximum absolute atomic E-state index is 5.14. The molecule has 100 valence electrons. The summed E-state index contributed by atoms with van der Waals surface area (Å²) in [5.74, 6) is 0. The minimum absolute atomic E-state index is 0.0148. The van der Waals surface area contributed by atoms with E-state index in [-0.39, 0.29) is 6.29 Å². The molecule has 0 aliphatic carbocycles. The van der Waals surface area contributed by atoms with Crippen molar-refractivity contribution >= 4 is 0 Å². The van der Waals surface area contributed by atoms with Gasteiger partial charge in [0.2, 0.25) is 0 Å². The lowest BCUT2D eigenvalue weighted by atomic mass is 10.1. The Morgan fingerprint density at radius 2 is 1.53 bits per heavy atom. The van der Waals surface area contributed by atoms with Crippen molar-refractivity contribution in [3.8, 4) is 0 Å². The minimum atomic E-state index is -0.0148. The summed E-state index contributed by atoms with van der Waals surface area (Å²) in [7, 11) is 3.40. The van der Waals surface area contributed by atoms with Gasteiger partial charge >= 0.3 is 0 Å². The van der Waals surface area contributed by atoms with E-state index >= 15 is 0 Å². The van der Waals surface area contributed by atoms with Crippen LogP contribution < -0.4 is 0 Å². The van der Waals surface area contributed by atoms with Crippen molar-refractivity contribution in [1.29, 1.82) is 0 Å². The summed E-state index contributed by atoms with van der Waals surface area (Å²) in [6.07, 6.45) is 16.0. The van der Waals surface area contributed by atoms with Crippen molar-refractivity contribution in [3.63, 3.8) is 0 Å². The van der Waals surface area contributed by atoms with Crippen LogP contribution in [0.15, 0.2) is 24.8 Å². The van der Waals surface area contributed by atoms with Crippen LogP contribution in [0.1, 0.15) is 51.4 Å². The Labute approximate surface area is 107 Å². The van der Waals surface area contributed by atoms with Crippen molar-refractivity contribution in [1.82, 2.24) is 0 Å². The molecule has 0 saturated carbocycles. The lowest BCUT2D eigenvalue weighted by molar-refractivity contribution is -0.107. The third kappa shape index (κ3) is 11.7. The highest BCUT2D eigenvalue weighted by Crippen LogP contribution is 2.11. The van der Waals surface area contributed by atoms with Gasteiger partial charge in [0.15, 0.2) is 6.29 Å². The third-order valence-corrected chi connectivity index (χ3v) is 2.86. The van der Waals surface area contributed by atoms with Gasteiger partial charge < -0.3 is 9.47 Å². The molecule has 0 atom stereocenters. The number of methoxy groups -OCH3 is 2. The van der Waals surface area contributed by atoms with E-state index in [9.17, 15) is 0 Å². The average molecular weight is 240 g/mol. The fourth-order valence-corrected chi connectivity index (χ4v) is 1.80. The van der Waals surface area contributed by atoms with E-state index in [4.69, 9.17) is 9.47 Å². The number of hydrogen-bond acceptors (Lipinski definition) is 2. The molecular formula is C15H28O2. The van der Waals surface area contributed by atoms with Crippen molar-refractivity contribution < 1.29 is 9.47 Å². The fraction of sp³-hybridized carbons (Fsp3) is 0.733. The molecule has 0 heterocycles. The van der Waals surface area contributed by atoms with E-state index < -0.39 is 0 Å². The van der Waals surface area contributed by atoms with Crippen molar-refractivity contribution in [2.45, 2.75) is 57.7 Å². The van der Waals surface area contributed by atoms with Crippen LogP contribution in [0.25, 0.3) is 0 Å². The molecular weight excluding hydrogens is 212 g/mol. The highest BCUT2D eigenvalue weighted by molar-refractivity contribution is 4.96. The lowest BCUT2D eigenvalue weighted by Gasteiger charge is -2.12. The Morgan fingerprint density at radius 3 is 2.12 bits per heavy atom. The first kappa shape index (κ1) is 16.4. The first-order valence-corrected chi connectivity index (χ1v) is 6.68. The molecule has 0 fully saturated rings. The second-order valence-corrected chi connectivity index (χ2v) is 4.26. The van der Waals surface area contributed by atoms with E-state index in [1.54, 1.807) is 14.2 Å². The van der Waals surface area contributed by atoms with Gasteiger partial charge in [-0.15, -0.1) is 0 Å². The molecule has 0 aromatic carbocycles. The summed E-state index contributed by atoms with van der Waals surface area (Å²) in [6.45, 7) is 3.65. The van der Waals surface area contributed by atoms with Gasteiger partial charge in [0.1, 0.15) is 0 Å². The molecule has 0 radical (unpaired) electrons. The van der Waals surface area contributed by atoms with Gasteiger partial charge in [-0.05, 0) is 25.7 Å². The highest BCUT2D eigenvalue weighted by Gasteiger charge is 2.03. The maximum Gasteiger partial charge on any atom is 0.156 e. The van der Waals surface area contributed by atoms with Crippen LogP contribution in [-0.2, 0) is 9.47 Å². The van der Waals surface area contributed by atoms with Crippen LogP contribution in [0.4, 0.5) is 0 Å². The van der Waals surface area contributed by atoms with Crippen molar-refractivity contribution in [2.75, 3.05) is 14.2 Å². The van der Waals surface area contributed by atoms with Crippen LogP contribution in [0.2, 0.25) is 0 Å². The third-order valence-electron chi connectivity index (χ3n) is 2.86. The molecule has 0 saturated heterocycles. The lowest BCUT2D eigenvalue weighted by Crippen LogP contribution is -2.12. The minimum Gasteiger partial charge on any atom is -0.356 e. The number of unbranched alkanes of at least 4 members (excludes halogenated alkanes) is 6. The van der Waals surface area contributed by atoms with Gasteiger partial charge in [0, 0.05) is 14.2 Å². The number of allylic oxidation sites excluding steroid dienone is 3. The first-order chi connectivity index (χ1) is 8.35. The predicted molar refractivity (Wildman–Crippen MR) is 74.1 cm³/mol. The molecule has 0 unspecified atom stereocenters. The topological polar surface area (TPSA) is 18.5 Å². The second kappa shape index (κ2) is 13.5. The van der Waals surface area contributed by atoms with E-state index in [1.807, 2.05) is 12.2 Å². The number of rotatable bonds is 12. The van der Waals surface area contributed by atoms with Gasteiger partial charge in [-0.2, -0.15) is 0 Å². The van der Waals surface area contributed by atoms with Crippen LogP contribution >= 0.6 is 0 Å². The van der Waals surface area contributed by atoms with Crippen LogP contribution in [0.5, 0.6) is 0 Å². The zero-order valence-corrected chi connectivity index (χ0v) is 11.5. The van der Waals surface area contributed by atoms with E-state index in [0.717, 1.165) is 6.42 Å². The molecule has 0 rings (SSSR count). The smallest absolute Gasteiger partial charge is 0.156 e. The van der Waals surface area contributed by atoms with Gasteiger partial charge in [0.25, 0.3) is 0 Å². The van der Waals surface area contributed by atoms with Gasteiger partial charge in [-0.25, -0.2) is 0 Å². The van der Waals surface area contributed by atoms with Gasteiger partial charge in [-0.3, -0.25) is 0 Å². The van der Waals surface area contributed by atoms with Crippen molar-refractivity contribution in [3.05, 3.63) is 24.8 Å². The van der Waals surface area contributed by atoms with Crippen LogP contribution in [-0.4, -0.2) is 20.5 Å². The molecule has 17 heavy (non-hydrogen) atoms. The quantitative estimate of drug-likeness (QED) is 0.285. The van der Waals surface area contributed by atoms with E-state index in [0.29, 0.717) is 0 Å². The molecule has 0 N–H and O–H groups in total.